The highest BCUT2D eigenvalue weighted by Gasteiger charge is 2.12. The quantitative estimate of drug-likeness (QED) is 0.829. The molecule has 1 heterocycles. The number of benzene rings is 1. The first kappa shape index (κ1) is 14.7. The predicted molar refractivity (Wildman–Crippen MR) is 84.4 cm³/mol. The van der Waals surface area contributed by atoms with Crippen molar-refractivity contribution in [2.45, 2.75) is 0 Å². The van der Waals surface area contributed by atoms with Gasteiger partial charge in [-0.1, -0.05) is 23.2 Å². The van der Waals surface area contributed by atoms with Gasteiger partial charge in [-0.2, -0.15) is 0 Å². The summed E-state index contributed by atoms with van der Waals surface area (Å²) in [7, 11) is 0. The molecule has 0 aliphatic carbocycles. The van der Waals surface area contributed by atoms with Crippen LogP contribution < -0.4 is 10.6 Å². The van der Waals surface area contributed by atoms with Crippen LogP contribution in [0.25, 0.3) is 0 Å². The highest BCUT2D eigenvalue weighted by Crippen LogP contribution is 2.20. The lowest BCUT2D eigenvalue weighted by atomic mass is 10.2. The lowest BCUT2D eigenvalue weighted by molar-refractivity contribution is 0.0978. The first-order chi connectivity index (χ1) is 9.56. The predicted octanol–water partition coefficient (Wildman–Crippen LogP) is 3.52. The van der Waals surface area contributed by atoms with Gasteiger partial charge in [0.25, 0.3) is 5.91 Å². The van der Waals surface area contributed by atoms with E-state index in [-0.39, 0.29) is 10.1 Å². The van der Waals surface area contributed by atoms with Crippen LogP contribution in [0.1, 0.15) is 10.4 Å². The zero-order valence-corrected chi connectivity index (χ0v) is 12.4. The molecule has 0 atom stereocenters. The molecule has 0 radical (unpaired) electrons. The molecule has 0 aliphatic rings. The Labute approximate surface area is 131 Å². The van der Waals surface area contributed by atoms with Crippen LogP contribution in [-0.2, 0) is 0 Å². The van der Waals surface area contributed by atoms with Gasteiger partial charge < -0.3 is 5.32 Å². The molecule has 0 unspecified atom stereocenters. The molecular formula is C13H9Cl2N3OS. The van der Waals surface area contributed by atoms with Crippen LogP contribution in [0.5, 0.6) is 0 Å². The second-order valence-corrected chi connectivity index (χ2v) is 5.03. The lowest BCUT2D eigenvalue weighted by Gasteiger charge is -2.10. The van der Waals surface area contributed by atoms with Gasteiger partial charge in [0.2, 0.25) is 0 Å². The lowest BCUT2D eigenvalue weighted by Crippen LogP contribution is -2.34. The van der Waals surface area contributed by atoms with Crippen LogP contribution in [0.2, 0.25) is 10.0 Å². The number of pyridine rings is 1. The van der Waals surface area contributed by atoms with Crippen LogP contribution in [0, 0.1) is 0 Å². The summed E-state index contributed by atoms with van der Waals surface area (Å²) in [6.45, 7) is 0. The molecule has 1 amide bonds. The number of nitrogens with one attached hydrogen (secondary N) is 2. The average Bonchev–Trinajstić information content (AvgIpc) is 2.39. The Morgan fingerprint density at radius 1 is 1.25 bits per heavy atom. The van der Waals surface area contributed by atoms with Gasteiger partial charge in [0.15, 0.2) is 5.11 Å². The van der Waals surface area contributed by atoms with Crippen molar-refractivity contribution in [3.05, 3.63) is 58.3 Å². The highest BCUT2D eigenvalue weighted by molar-refractivity contribution is 7.80. The minimum atomic E-state index is -0.409. The Hall–Kier alpha value is -1.69. The van der Waals surface area contributed by atoms with Gasteiger partial charge >= 0.3 is 0 Å². The number of aromatic nitrogens is 1. The van der Waals surface area contributed by atoms with Crippen molar-refractivity contribution in [1.82, 2.24) is 10.3 Å². The topological polar surface area (TPSA) is 54.0 Å². The summed E-state index contributed by atoms with van der Waals surface area (Å²) < 4.78 is 0. The number of halogens is 2. The first-order valence-electron chi connectivity index (χ1n) is 5.53. The Balaban J connectivity index is 2.02. The SMILES string of the molecule is O=C(NC(=S)Nc1cccnc1)c1ccc(Cl)cc1Cl. The number of nitrogens with zero attached hydrogens (tertiary/aromatic N) is 1. The van der Waals surface area contributed by atoms with E-state index < -0.39 is 5.91 Å². The molecule has 2 aromatic rings. The largest absolute Gasteiger partial charge is 0.331 e. The first-order valence-corrected chi connectivity index (χ1v) is 6.70. The number of carbonyl (C=O) groups is 1. The maximum absolute atomic E-state index is 12.0. The van der Waals surface area contributed by atoms with Gasteiger partial charge in [-0.05, 0) is 42.5 Å². The van der Waals surface area contributed by atoms with E-state index in [1.54, 1.807) is 30.6 Å². The number of carbonyl (C=O) groups excluding carboxylic acids is 1. The van der Waals surface area contributed by atoms with Crippen molar-refractivity contribution in [3.63, 3.8) is 0 Å². The van der Waals surface area contributed by atoms with Crippen LogP contribution in [0.15, 0.2) is 42.7 Å². The van der Waals surface area contributed by atoms with Crippen molar-refractivity contribution < 1.29 is 4.79 Å². The third-order valence-corrected chi connectivity index (χ3v) is 3.07. The number of hydrogen-bond acceptors (Lipinski definition) is 3. The molecule has 4 nitrogen and oxygen atoms in total. The van der Waals surface area contributed by atoms with Crippen LogP contribution in [0.3, 0.4) is 0 Å². The number of amides is 1. The molecule has 0 fully saturated rings. The standard InChI is InChI=1S/C13H9Cl2N3OS/c14-8-3-4-10(11(15)6-8)12(19)18-13(20)17-9-2-1-5-16-7-9/h1-7H,(H2,17,18,19,20). The third kappa shape index (κ3) is 3.90. The van der Waals surface area contributed by atoms with Crippen molar-refractivity contribution in [3.8, 4) is 0 Å². The number of thiocarbonyl (C=S) groups is 1. The summed E-state index contributed by atoms with van der Waals surface area (Å²) in [6, 6.07) is 8.14. The molecule has 0 saturated carbocycles. The van der Waals surface area contributed by atoms with Crippen molar-refractivity contribution in [2.24, 2.45) is 0 Å². The van der Waals surface area contributed by atoms with E-state index in [1.165, 1.54) is 12.1 Å². The summed E-state index contributed by atoms with van der Waals surface area (Å²) in [6.07, 6.45) is 3.23. The van der Waals surface area contributed by atoms with Crippen LogP contribution >= 0.6 is 35.4 Å². The van der Waals surface area contributed by atoms with E-state index in [9.17, 15) is 4.79 Å². The third-order valence-electron chi connectivity index (χ3n) is 2.32. The van der Waals surface area contributed by atoms with Gasteiger partial charge in [0, 0.05) is 11.2 Å². The van der Waals surface area contributed by atoms with Gasteiger partial charge in [0.05, 0.1) is 22.5 Å². The molecule has 0 spiro atoms. The molecule has 0 aliphatic heterocycles. The summed E-state index contributed by atoms with van der Waals surface area (Å²) in [4.78, 5) is 15.9. The molecule has 102 valence electrons. The zero-order chi connectivity index (χ0) is 14.5. The summed E-state index contributed by atoms with van der Waals surface area (Å²) in [5.41, 5.74) is 0.978. The summed E-state index contributed by atoms with van der Waals surface area (Å²) >= 11 is 16.8. The Morgan fingerprint density at radius 3 is 2.70 bits per heavy atom. The second-order valence-electron chi connectivity index (χ2n) is 3.77. The van der Waals surface area contributed by atoms with E-state index in [0.717, 1.165) is 0 Å². The molecular weight excluding hydrogens is 317 g/mol. The minimum absolute atomic E-state index is 0.161. The number of rotatable bonds is 2. The monoisotopic (exact) mass is 325 g/mol. The molecule has 7 heteroatoms. The molecule has 1 aromatic carbocycles. The maximum Gasteiger partial charge on any atom is 0.258 e. The minimum Gasteiger partial charge on any atom is -0.331 e. The van der Waals surface area contributed by atoms with E-state index in [2.05, 4.69) is 15.6 Å². The van der Waals surface area contributed by atoms with Crippen molar-refractivity contribution in [2.75, 3.05) is 5.32 Å². The molecule has 2 N–H and O–H groups in total. The zero-order valence-electron chi connectivity index (χ0n) is 10.1. The van der Waals surface area contributed by atoms with Crippen LogP contribution in [0.4, 0.5) is 5.69 Å². The Kier molecular flexibility index (Phi) is 4.89. The Bertz CT molecular complexity index is 649. The fraction of sp³-hybridized carbons (Fsp3) is 0. The molecule has 2 rings (SSSR count). The van der Waals surface area contributed by atoms with Gasteiger partial charge in [-0.25, -0.2) is 0 Å². The van der Waals surface area contributed by atoms with Gasteiger partial charge in [0.1, 0.15) is 0 Å². The fourth-order valence-electron chi connectivity index (χ4n) is 1.44. The molecule has 1 aromatic heterocycles. The van der Waals surface area contributed by atoms with Crippen LogP contribution in [-0.4, -0.2) is 16.0 Å². The highest BCUT2D eigenvalue weighted by atomic mass is 35.5. The van der Waals surface area contributed by atoms with E-state index in [4.69, 9.17) is 35.4 Å². The Morgan fingerprint density at radius 2 is 2.05 bits per heavy atom. The number of hydrogen-bond donors (Lipinski definition) is 2. The van der Waals surface area contributed by atoms with Gasteiger partial charge in [-0.15, -0.1) is 0 Å². The van der Waals surface area contributed by atoms with E-state index in [0.29, 0.717) is 16.3 Å². The molecule has 20 heavy (non-hydrogen) atoms. The maximum atomic E-state index is 12.0. The smallest absolute Gasteiger partial charge is 0.258 e. The van der Waals surface area contributed by atoms with Gasteiger partial charge in [-0.3, -0.25) is 15.1 Å². The molecule has 0 saturated heterocycles. The summed E-state index contributed by atoms with van der Waals surface area (Å²) in [5.74, 6) is -0.409. The number of anilines is 1. The summed E-state index contributed by atoms with van der Waals surface area (Å²) in [5, 5.41) is 6.26. The van der Waals surface area contributed by atoms with E-state index >= 15 is 0 Å². The fourth-order valence-corrected chi connectivity index (χ4v) is 2.15. The normalized spacial score (nSPS) is 9.90. The second kappa shape index (κ2) is 6.65. The van der Waals surface area contributed by atoms with Crippen molar-refractivity contribution in [1.29, 1.82) is 0 Å². The molecule has 0 bridgehead atoms. The average molecular weight is 326 g/mol. The van der Waals surface area contributed by atoms with Crippen molar-refractivity contribution >= 4 is 52.1 Å². The van der Waals surface area contributed by atoms with E-state index in [1.807, 2.05) is 0 Å².